The first-order chi connectivity index (χ1) is 8.67. The third-order valence-corrected chi connectivity index (χ3v) is 5.15. The highest BCUT2D eigenvalue weighted by Crippen LogP contribution is 2.31. The summed E-state index contributed by atoms with van der Waals surface area (Å²) in [6.07, 6.45) is 7.33. The summed E-state index contributed by atoms with van der Waals surface area (Å²) >= 11 is 1.89. The minimum absolute atomic E-state index is 0.0170. The van der Waals surface area contributed by atoms with E-state index in [1.54, 1.807) is 0 Å². The summed E-state index contributed by atoms with van der Waals surface area (Å²) in [5, 5.41) is 3.33. The van der Waals surface area contributed by atoms with Crippen molar-refractivity contribution in [3.05, 3.63) is 0 Å². The molecule has 102 valence electrons. The van der Waals surface area contributed by atoms with Gasteiger partial charge in [-0.2, -0.15) is 11.8 Å². The van der Waals surface area contributed by atoms with Crippen molar-refractivity contribution in [2.45, 2.75) is 56.4 Å². The summed E-state index contributed by atoms with van der Waals surface area (Å²) in [5.41, 5.74) is 0. The van der Waals surface area contributed by atoms with Crippen LogP contribution in [0.2, 0.25) is 0 Å². The lowest BCUT2D eigenvalue weighted by molar-refractivity contribution is -0.149. The predicted molar refractivity (Wildman–Crippen MR) is 73.5 cm³/mol. The summed E-state index contributed by atoms with van der Waals surface area (Å²) in [4.78, 5) is 25.8. The van der Waals surface area contributed by atoms with E-state index in [4.69, 9.17) is 0 Å². The van der Waals surface area contributed by atoms with Gasteiger partial charge in [0.2, 0.25) is 11.8 Å². The van der Waals surface area contributed by atoms with Gasteiger partial charge in [-0.3, -0.25) is 9.59 Å². The second kappa shape index (κ2) is 5.95. The van der Waals surface area contributed by atoms with Crippen molar-refractivity contribution in [3.8, 4) is 0 Å². The monoisotopic (exact) mass is 270 g/mol. The predicted octanol–water partition coefficient (Wildman–Crippen LogP) is 1.40. The average molecular weight is 270 g/mol. The third kappa shape index (κ3) is 2.66. The molecule has 18 heavy (non-hydrogen) atoms. The van der Waals surface area contributed by atoms with E-state index in [0.717, 1.165) is 19.3 Å². The van der Waals surface area contributed by atoms with Crippen LogP contribution in [0.15, 0.2) is 0 Å². The van der Waals surface area contributed by atoms with Gasteiger partial charge in [0.15, 0.2) is 0 Å². The van der Waals surface area contributed by atoms with Crippen LogP contribution in [-0.4, -0.2) is 46.8 Å². The number of carbonyl (C=O) groups excluding carboxylic acids is 2. The standard InChI is InChI=1S/C13H22N2O2S/c1-3-11-13(17)14-8-12(16)15(11)9-5-4-6-10(7-9)18-2/h9-11H,3-8H2,1-2H3,(H,14,17). The van der Waals surface area contributed by atoms with E-state index in [0.29, 0.717) is 11.7 Å². The molecule has 1 heterocycles. The average Bonchev–Trinajstić information content (AvgIpc) is 2.41. The molecule has 0 aromatic rings. The summed E-state index contributed by atoms with van der Waals surface area (Å²) in [6, 6.07) is 0.0107. The molecule has 5 heteroatoms. The molecular weight excluding hydrogens is 248 g/mol. The van der Waals surface area contributed by atoms with Gasteiger partial charge in [0, 0.05) is 11.3 Å². The van der Waals surface area contributed by atoms with E-state index < -0.39 is 0 Å². The molecule has 1 aliphatic heterocycles. The second-order valence-electron chi connectivity index (χ2n) is 5.12. The van der Waals surface area contributed by atoms with Crippen LogP contribution in [0.5, 0.6) is 0 Å². The molecule has 0 aromatic carbocycles. The second-order valence-corrected chi connectivity index (χ2v) is 6.26. The number of thioether (sulfide) groups is 1. The molecule has 1 saturated carbocycles. The van der Waals surface area contributed by atoms with Gasteiger partial charge in [-0.15, -0.1) is 0 Å². The summed E-state index contributed by atoms with van der Waals surface area (Å²) < 4.78 is 0. The topological polar surface area (TPSA) is 49.4 Å². The number of nitrogens with one attached hydrogen (secondary N) is 1. The number of hydrogen-bond donors (Lipinski definition) is 1. The molecular formula is C13H22N2O2S. The number of amides is 2. The Labute approximate surface area is 113 Å². The Morgan fingerprint density at radius 1 is 1.39 bits per heavy atom. The van der Waals surface area contributed by atoms with E-state index in [1.165, 1.54) is 6.42 Å². The number of carbonyl (C=O) groups is 2. The van der Waals surface area contributed by atoms with Crippen molar-refractivity contribution in [2.75, 3.05) is 12.8 Å². The van der Waals surface area contributed by atoms with Crippen LogP contribution >= 0.6 is 11.8 Å². The fourth-order valence-electron chi connectivity index (χ4n) is 3.10. The van der Waals surface area contributed by atoms with Gasteiger partial charge in [0.05, 0.1) is 6.54 Å². The van der Waals surface area contributed by atoms with Crippen molar-refractivity contribution in [1.29, 1.82) is 0 Å². The maximum Gasteiger partial charge on any atom is 0.243 e. The quantitative estimate of drug-likeness (QED) is 0.843. The van der Waals surface area contributed by atoms with Crippen molar-refractivity contribution in [1.82, 2.24) is 10.2 Å². The van der Waals surface area contributed by atoms with Gasteiger partial charge >= 0.3 is 0 Å². The van der Waals surface area contributed by atoms with Crippen molar-refractivity contribution >= 4 is 23.6 Å². The van der Waals surface area contributed by atoms with Gasteiger partial charge in [-0.05, 0) is 31.9 Å². The van der Waals surface area contributed by atoms with Gasteiger partial charge in [0.1, 0.15) is 6.04 Å². The first kappa shape index (κ1) is 13.7. The molecule has 1 saturated heterocycles. The van der Waals surface area contributed by atoms with Crippen molar-refractivity contribution in [3.63, 3.8) is 0 Å². The molecule has 4 nitrogen and oxygen atoms in total. The highest BCUT2D eigenvalue weighted by atomic mass is 32.2. The molecule has 1 aliphatic carbocycles. The molecule has 0 bridgehead atoms. The van der Waals surface area contributed by atoms with Crippen LogP contribution in [0.4, 0.5) is 0 Å². The van der Waals surface area contributed by atoms with Crippen LogP contribution in [-0.2, 0) is 9.59 Å². The Kier molecular flexibility index (Phi) is 4.54. The van der Waals surface area contributed by atoms with Crippen LogP contribution < -0.4 is 5.32 Å². The number of nitrogens with zero attached hydrogens (tertiary/aromatic N) is 1. The molecule has 2 fully saturated rings. The van der Waals surface area contributed by atoms with Crippen LogP contribution in [0.3, 0.4) is 0 Å². The minimum atomic E-state index is -0.253. The molecule has 2 rings (SSSR count). The first-order valence-corrected chi connectivity index (χ1v) is 8.07. The molecule has 1 N–H and O–H groups in total. The number of rotatable bonds is 3. The summed E-state index contributed by atoms with van der Waals surface area (Å²) in [5.74, 6) is 0.108. The smallest absolute Gasteiger partial charge is 0.243 e. The van der Waals surface area contributed by atoms with Crippen LogP contribution in [0.1, 0.15) is 39.0 Å². The zero-order chi connectivity index (χ0) is 13.1. The Hall–Kier alpha value is -0.710. The Bertz CT molecular complexity index is 335. The SMILES string of the molecule is CCC1C(=O)NCC(=O)N1C1CCCC(SC)C1. The van der Waals surface area contributed by atoms with Gasteiger partial charge < -0.3 is 10.2 Å². The molecule has 2 amide bonds. The van der Waals surface area contributed by atoms with Gasteiger partial charge in [-0.25, -0.2) is 0 Å². The molecule has 3 atom stereocenters. The lowest BCUT2D eigenvalue weighted by Gasteiger charge is -2.43. The van der Waals surface area contributed by atoms with Crippen molar-refractivity contribution in [2.24, 2.45) is 0 Å². The Morgan fingerprint density at radius 3 is 2.83 bits per heavy atom. The molecule has 0 aromatic heterocycles. The highest BCUT2D eigenvalue weighted by Gasteiger charge is 2.39. The lowest BCUT2D eigenvalue weighted by Crippen LogP contribution is -2.61. The van der Waals surface area contributed by atoms with E-state index >= 15 is 0 Å². The van der Waals surface area contributed by atoms with E-state index in [-0.39, 0.29) is 30.4 Å². The first-order valence-electron chi connectivity index (χ1n) is 6.79. The Morgan fingerprint density at radius 2 is 2.17 bits per heavy atom. The lowest BCUT2D eigenvalue weighted by atomic mass is 9.91. The van der Waals surface area contributed by atoms with E-state index in [9.17, 15) is 9.59 Å². The zero-order valence-electron chi connectivity index (χ0n) is 11.1. The number of piperazine rings is 1. The zero-order valence-corrected chi connectivity index (χ0v) is 12.0. The van der Waals surface area contributed by atoms with Crippen LogP contribution in [0, 0.1) is 0 Å². The normalized spacial score (nSPS) is 33.4. The molecule has 0 radical (unpaired) electrons. The molecule has 2 aliphatic rings. The van der Waals surface area contributed by atoms with Gasteiger partial charge in [0.25, 0.3) is 0 Å². The van der Waals surface area contributed by atoms with Crippen molar-refractivity contribution < 1.29 is 9.59 Å². The van der Waals surface area contributed by atoms with E-state index in [2.05, 4.69) is 11.6 Å². The largest absolute Gasteiger partial charge is 0.345 e. The molecule has 3 unspecified atom stereocenters. The summed E-state index contributed by atoms with van der Waals surface area (Å²) in [6.45, 7) is 2.15. The molecule has 0 spiro atoms. The van der Waals surface area contributed by atoms with E-state index in [1.807, 2.05) is 23.6 Å². The fraction of sp³-hybridized carbons (Fsp3) is 0.846. The number of hydrogen-bond acceptors (Lipinski definition) is 3. The highest BCUT2D eigenvalue weighted by molar-refractivity contribution is 7.99. The minimum Gasteiger partial charge on any atom is -0.345 e. The Balaban J connectivity index is 2.12. The maximum atomic E-state index is 12.1. The summed E-state index contributed by atoms with van der Waals surface area (Å²) in [7, 11) is 0. The third-order valence-electron chi connectivity index (χ3n) is 4.05. The maximum absolute atomic E-state index is 12.1. The van der Waals surface area contributed by atoms with Gasteiger partial charge in [-0.1, -0.05) is 13.3 Å². The van der Waals surface area contributed by atoms with Crippen LogP contribution in [0.25, 0.3) is 0 Å². The fourth-order valence-corrected chi connectivity index (χ4v) is 3.92.